The monoisotopic (exact) mass is 408 g/mol. The van der Waals surface area contributed by atoms with Crippen molar-refractivity contribution >= 4 is 5.91 Å². The highest BCUT2D eigenvalue weighted by molar-refractivity contribution is 5.78. The number of carbonyl (C=O) groups is 1. The van der Waals surface area contributed by atoms with Gasteiger partial charge in [-0.25, -0.2) is 9.97 Å². The first-order valence-electron chi connectivity index (χ1n) is 10.0. The van der Waals surface area contributed by atoms with E-state index in [1.165, 1.54) is 12.4 Å². The molecule has 0 bridgehead atoms. The predicted molar refractivity (Wildman–Crippen MR) is 107 cm³/mol. The van der Waals surface area contributed by atoms with Crippen LogP contribution >= 0.6 is 0 Å². The van der Waals surface area contributed by atoms with Crippen LogP contribution in [0.25, 0.3) is 0 Å². The van der Waals surface area contributed by atoms with Gasteiger partial charge in [-0.05, 0) is 32.8 Å². The SMILES string of the molecule is CC1(C)Cc2cccc(OCC(=O)N3CCCC(Oc4nccnc4C#N)C3)c2O1. The van der Waals surface area contributed by atoms with Crippen molar-refractivity contribution in [3.05, 3.63) is 41.9 Å². The summed E-state index contributed by atoms with van der Waals surface area (Å²) in [5.74, 6) is 1.41. The standard InChI is InChI=1S/C22H24N4O4/c1-22(2)11-15-5-3-7-18(20(15)30-22)28-14-19(27)26-10-4-6-16(13-26)29-21-17(12-23)24-8-9-25-21/h3,5,7-9,16H,4,6,10-11,13-14H2,1-2H3. The number of rotatable bonds is 5. The van der Waals surface area contributed by atoms with E-state index in [1.54, 1.807) is 4.90 Å². The third kappa shape index (κ3) is 4.30. The zero-order valence-electron chi connectivity index (χ0n) is 17.1. The first-order valence-corrected chi connectivity index (χ1v) is 10.0. The summed E-state index contributed by atoms with van der Waals surface area (Å²) < 4.78 is 17.7. The molecule has 0 radical (unpaired) electrons. The van der Waals surface area contributed by atoms with Crippen LogP contribution in [0.15, 0.2) is 30.6 Å². The smallest absolute Gasteiger partial charge is 0.260 e. The van der Waals surface area contributed by atoms with Gasteiger partial charge in [0, 0.05) is 30.9 Å². The Morgan fingerprint density at radius 1 is 1.37 bits per heavy atom. The van der Waals surface area contributed by atoms with Gasteiger partial charge in [0.25, 0.3) is 11.8 Å². The molecular formula is C22H24N4O4. The van der Waals surface area contributed by atoms with Crippen molar-refractivity contribution in [2.75, 3.05) is 19.7 Å². The zero-order valence-corrected chi connectivity index (χ0v) is 17.1. The first-order chi connectivity index (χ1) is 14.4. The minimum absolute atomic E-state index is 0.0679. The molecule has 2 aliphatic rings. The normalized spacial score (nSPS) is 19.4. The molecule has 1 atom stereocenters. The third-order valence-corrected chi connectivity index (χ3v) is 5.19. The summed E-state index contributed by atoms with van der Waals surface area (Å²) >= 11 is 0. The van der Waals surface area contributed by atoms with Gasteiger partial charge < -0.3 is 19.1 Å². The number of piperidine rings is 1. The lowest BCUT2D eigenvalue weighted by Gasteiger charge is -2.32. The Hall–Kier alpha value is -3.34. The molecule has 3 heterocycles. The van der Waals surface area contributed by atoms with Gasteiger partial charge in [-0.2, -0.15) is 5.26 Å². The Bertz CT molecular complexity index is 985. The molecule has 1 saturated heterocycles. The van der Waals surface area contributed by atoms with E-state index < -0.39 is 0 Å². The number of ether oxygens (including phenoxy) is 3. The summed E-state index contributed by atoms with van der Waals surface area (Å²) in [6.45, 7) is 5.06. The van der Waals surface area contributed by atoms with Crippen LogP contribution in [0.5, 0.6) is 17.4 Å². The fourth-order valence-corrected chi connectivity index (χ4v) is 3.84. The minimum atomic E-state index is -0.272. The Morgan fingerprint density at radius 3 is 3.03 bits per heavy atom. The van der Waals surface area contributed by atoms with Crippen LogP contribution in [0, 0.1) is 11.3 Å². The molecule has 0 N–H and O–H groups in total. The molecule has 156 valence electrons. The van der Waals surface area contributed by atoms with Crippen LogP contribution in [0.4, 0.5) is 0 Å². The van der Waals surface area contributed by atoms with E-state index in [0.717, 1.165) is 30.6 Å². The summed E-state index contributed by atoms with van der Waals surface area (Å²) in [7, 11) is 0. The molecule has 4 rings (SSSR count). The largest absolute Gasteiger partial charge is 0.483 e. The van der Waals surface area contributed by atoms with Gasteiger partial charge in [0.15, 0.2) is 18.1 Å². The van der Waals surface area contributed by atoms with Crippen LogP contribution in [-0.4, -0.2) is 52.2 Å². The number of nitrogens with zero attached hydrogens (tertiary/aromatic N) is 4. The van der Waals surface area contributed by atoms with Gasteiger partial charge in [0.05, 0.1) is 6.54 Å². The van der Waals surface area contributed by atoms with Gasteiger partial charge in [-0.15, -0.1) is 0 Å². The third-order valence-electron chi connectivity index (χ3n) is 5.19. The number of likely N-dealkylation sites (tertiary alicyclic amines) is 1. The van der Waals surface area contributed by atoms with Crippen molar-refractivity contribution in [2.45, 2.75) is 44.8 Å². The highest BCUT2D eigenvalue weighted by Gasteiger charge is 2.33. The van der Waals surface area contributed by atoms with Crippen LogP contribution in [0.2, 0.25) is 0 Å². The van der Waals surface area contributed by atoms with Crippen LogP contribution in [-0.2, 0) is 11.2 Å². The van der Waals surface area contributed by atoms with E-state index >= 15 is 0 Å². The van der Waals surface area contributed by atoms with Crippen LogP contribution in [0.1, 0.15) is 37.9 Å². The molecule has 1 fully saturated rings. The molecule has 1 unspecified atom stereocenters. The lowest BCUT2D eigenvalue weighted by molar-refractivity contribution is -0.136. The minimum Gasteiger partial charge on any atom is -0.483 e. The summed E-state index contributed by atoms with van der Waals surface area (Å²) in [5, 5.41) is 9.14. The fraction of sp³-hybridized carbons (Fsp3) is 0.455. The molecule has 0 spiro atoms. The van der Waals surface area contributed by atoms with Gasteiger partial charge in [-0.3, -0.25) is 4.79 Å². The van der Waals surface area contributed by atoms with Crippen LogP contribution in [0.3, 0.4) is 0 Å². The average molecular weight is 408 g/mol. The molecular weight excluding hydrogens is 384 g/mol. The number of amides is 1. The van der Waals surface area contributed by atoms with Crippen molar-refractivity contribution in [2.24, 2.45) is 0 Å². The van der Waals surface area contributed by atoms with E-state index in [0.29, 0.717) is 18.8 Å². The summed E-state index contributed by atoms with van der Waals surface area (Å²) in [4.78, 5) is 22.5. The Labute approximate surface area is 175 Å². The number of hydrogen-bond donors (Lipinski definition) is 0. The first kappa shape index (κ1) is 20.0. The van der Waals surface area contributed by atoms with Crippen molar-refractivity contribution < 1.29 is 19.0 Å². The van der Waals surface area contributed by atoms with Crippen molar-refractivity contribution in [3.8, 4) is 23.4 Å². The maximum Gasteiger partial charge on any atom is 0.260 e. The number of nitriles is 1. The summed E-state index contributed by atoms with van der Waals surface area (Å²) in [6.07, 6.45) is 5.09. The topological polar surface area (TPSA) is 97.6 Å². The maximum atomic E-state index is 12.7. The van der Waals surface area contributed by atoms with Crippen molar-refractivity contribution in [1.82, 2.24) is 14.9 Å². The number of fused-ring (bicyclic) bond motifs is 1. The highest BCUT2D eigenvalue weighted by Crippen LogP contribution is 2.41. The second kappa shape index (κ2) is 8.19. The molecule has 1 aromatic heterocycles. The van der Waals surface area contributed by atoms with E-state index in [9.17, 15) is 4.79 Å². The van der Waals surface area contributed by atoms with Crippen molar-refractivity contribution in [3.63, 3.8) is 0 Å². The molecule has 0 aliphatic carbocycles. The molecule has 8 heteroatoms. The molecule has 8 nitrogen and oxygen atoms in total. The van der Waals surface area contributed by atoms with E-state index in [4.69, 9.17) is 19.5 Å². The van der Waals surface area contributed by atoms with Crippen molar-refractivity contribution in [1.29, 1.82) is 5.26 Å². The highest BCUT2D eigenvalue weighted by atomic mass is 16.5. The number of benzene rings is 1. The van der Waals surface area contributed by atoms with E-state index in [-0.39, 0.29) is 35.8 Å². The lowest BCUT2D eigenvalue weighted by Crippen LogP contribution is -2.46. The second-order valence-electron chi connectivity index (χ2n) is 8.12. The predicted octanol–water partition coefficient (Wildman–Crippen LogP) is 2.51. The summed E-state index contributed by atoms with van der Waals surface area (Å²) in [6, 6.07) is 7.74. The second-order valence-corrected chi connectivity index (χ2v) is 8.12. The van der Waals surface area contributed by atoms with E-state index in [1.807, 2.05) is 38.1 Å². The molecule has 2 aromatic rings. The molecule has 0 saturated carbocycles. The number of aromatic nitrogens is 2. The Balaban J connectivity index is 1.36. The molecule has 2 aliphatic heterocycles. The number of hydrogen-bond acceptors (Lipinski definition) is 7. The molecule has 30 heavy (non-hydrogen) atoms. The maximum absolute atomic E-state index is 12.7. The van der Waals surface area contributed by atoms with E-state index in [2.05, 4.69) is 9.97 Å². The molecule has 1 amide bonds. The average Bonchev–Trinajstić information content (AvgIpc) is 3.07. The Morgan fingerprint density at radius 2 is 2.20 bits per heavy atom. The fourth-order valence-electron chi connectivity index (χ4n) is 3.84. The van der Waals surface area contributed by atoms with Gasteiger partial charge in [0.2, 0.25) is 5.69 Å². The van der Waals surface area contributed by atoms with Gasteiger partial charge >= 0.3 is 0 Å². The number of carbonyl (C=O) groups excluding carboxylic acids is 1. The van der Waals surface area contributed by atoms with Crippen LogP contribution < -0.4 is 14.2 Å². The zero-order chi connectivity index (χ0) is 21.1. The quantitative estimate of drug-likeness (QED) is 0.750. The Kier molecular flexibility index (Phi) is 5.44. The lowest BCUT2D eigenvalue weighted by atomic mass is 10.0. The van der Waals surface area contributed by atoms with Gasteiger partial charge in [-0.1, -0.05) is 12.1 Å². The molecule has 1 aromatic carbocycles. The van der Waals surface area contributed by atoms with Gasteiger partial charge in [0.1, 0.15) is 17.8 Å². The number of para-hydroxylation sites is 1. The summed E-state index contributed by atoms with van der Waals surface area (Å²) in [5.41, 5.74) is 0.963.